The van der Waals surface area contributed by atoms with Crippen LogP contribution >= 0.6 is 11.8 Å². The fourth-order valence-electron chi connectivity index (χ4n) is 2.73. The number of rotatable bonds is 8. The van der Waals surface area contributed by atoms with Crippen molar-refractivity contribution < 1.29 is 19.8 Å². The van der Waals surface area contributed by atoms with Gasteiger partial charge in [-0.1, -0.05) is 26.7 Å². The fourth-order valence-corrected chi connectivity index (χ4v) is 4.05. The van der Waals surface area contributed by atoms with Crippen molar-refractivity contribution in [2.24, 2.45) is 0 Å². The Labute approximate surface area is 124 Å². The van der Waals surface area contributed by atoms with E-state index in [9.17, 15) is 19.8 Å². The summed E-state index contributed by atoms with van der Waals surface area (Å²) in [4.78, 5) is 23.5. The van der Waals surface area contributed by atoms with Crippen LogP contribution in [0.25, 0.3) is 0 Å². The van der Waals surface area contributed by atoms with Crippen molar-refractivity contribution in [3.63, 3.8) is 0 Å². The van der Waals surface area contributed by atoms with E-state index in [0.717, 1.165) is 18.6 Å². The van der Waals surface area contributed by atoms with Crippen LogP contribution in [0.4, 0.5) is 0 Å². The van der Waals surface area contributed by atoms with Crippen molar-refractivity contribution in [2.45, 2.75) is 63.5 Å². The molecule has 1 unspecified atom stereocenters. The van der Waals surface area contributed by atoms with E-state index < -0.39 is 17.1 Å². The van der Waals surface area contributed by atoms with Crippen LogP contribution in [0.3, 0.4) is 0 Å². The normalized spacial score (nSPS) is 22.8. The summed E-state index contributed by atoms with van der Waals surface area (Å²) in [5, 5.41) is 22.4. The van der Waals surface area contributed by atoms with Crippen LogP contribution in [0, 0.1) is 0 Å². The molecule has 1 aliphatic rings. The Balaban J connectivity index is 2.67. The average molecular weight is 303 g/mol. The van der Waals surface area contributed by atoms with Crippen molar-refractivity contribution in [1.82, 2.24) is 5.32 Å². The lowest BCUT2D eigenvalue weighted by Gasteiger charge is -2.30. The first kappa shape index (κ1) is 17.3. The number of carboxylic acid groups (broad SMARTS) is 1. The van der Waals surface area contributed by atoms with Gasteiger partial charge in [0.2, 0.25) is 5.91 Å². The standard InChI is InChI=1S/C14H25NO4S/c1-3-5-13(19,6-4-2)9-11(16)15-14(12(17)18)7-8-20-10-14/h19H,3-10H2,1-2H3,(H,15,16)(H,17,18). The molecule has 1 amide bonds. The van der Waals surface area contributed by atoms with Crippen LogP contribution in [0.2, 0.25) is 0 Å². The first-order valence-electron chi connectivity index (χ1n) is 7.22. The van der Waals surface area contributed by atoms with Crippen molar-refractivity contribution in [3.05, 3.63) is 0 Å². The Morgan fingerprint density at radius 3 is 2.30 bits per heavy atom. The predicted molar refractivity (Wildman–Crippen MR) is 79.8 cm³/mol. The summed E-state index contributed by atoms with van der Waals surface area (Å²) >= 11 is 1.53. The van der Waals surface area contributed by atoms with Gasteiger partial charge in [-0.05, 0) is 25.0 Å². The van der Waals surface area contributed by atoms with Crippen LogP contribution in [-0.4, -0.2) is 44.7 Å². The second kappa shape index (κ2) is 7.31. The summed E-state index contributed by atoms with van der Waals surface area (Å²) in [5.41, 5.74) is -2.17. The average Bonchev–Trinajstić information content (AvgIpc) is 2.78. The lowest BCUT2D eigenvalue weighted by Crippen LogP contribution is -2.56. The van der Waals surface area contributed by atoms with Gasteiger partial charge < -0.3 is 15.5 Å². The Bertz CT molecular complexity index is 347. The van der Waals surface area contributed by atoms with Crippen molar-refractivity contribution in [3.8, 4) is 0 Å². The maximum absolute atomic E-state index is 12.1. The molecular weight excluding hydrogens is 278 g/mol. The molecule has 0 aromatic carbocycles. The second-order valence-corrected chi connectivity index (χ2v) is 6.74. The zero-order valence-electron chi connectivity index (χ0n) is 12.3. The Morgan fingerprint density at radius 1 is 1.30 bits per heavy atom. The van der Waals surface area contributed by atoms with Crippen molar-refractivity contribution in [1.29, 1.82) is 0 Å². The van der Waals surface area contributed by atoms with Gasteiger partial charge in [0.1, 0.15) is 5.54 Å². The molecule has 0 aliphatic carbocycles. The van der Waals surface area contributed by atoms with Crippen molar-refractivity contribution >= 4 is 23.6 Å². The fraction of sp³-hybridized carbons (Fsp3) is 0.857. The number of carbonyl (C=O) groups is 2. The highest BCUT2D eigenvalue weighted by Crippen LogP contribution is 2.29. The van der Waals surface area contributed by atoms with Gasteiger partial charge >= 0.3 is 5.97 Å². The molecule has 1 saturated heterocycles. The van der Waals surface area contributed by atoms with Gasteiger partial charge in [-0.15, -0.1) is 0 Å². The summed E-state index contributed by atoms with van der Waals surface area (Å²) in [6.45, 7) is 3.93. The second-order valence-electron chi connectivity index (χ2n) is 5.64. The minimum absolute atomic E-state index is 0.0195. The molecule has 0 saturated carbocycles. The maximum atomic E-state index is 12.1. The predicted octanol–water partition coefficient (Wildman–Crippen LogP) is 1.78. The summed E-state index contributed by atoms with van der Waals surface area (Å²) in [6.07, 6.45) is 3.13. The summed E-state index contributed by atoms with van der Waals surface area (Å²) in [7, 11) is 0. The first-order valence-corrected chi connectivity index (χ1v) is 8.37. The Morgan fingerprint density at radius 2 is 1.90 bits per heavy atom. The zero-order chi connectivity index (χ0) is 15.2. The maximum Gasteiger partial charge on any atom is 0.330 e. The molecule has 0 aromatic heterocycles. The third kappa shape index (κ3) is 4.38. The minimum Gasteiger partial charge on any atom is -0.479 e. The molecule has 0 radical (unpaired) electrons. The topological polar surface area (TPSA) is 86.6 Å². The highest BCUT2D eigenvalue weighted by Gasteiger charge is 2.44. The molecule has 20 heavy (non-hydrogen) atoms. The molecule has 1 fully saturated rings. The molecule has 1 aliphatic heterocycles. The number of hydrogen-bond donors (Lipinski definition) is 3. The molecule has 1 rings (SSSR count). The van der Waals surface area contributed by atoms with Crippen LogP contribution in [0.15, 0.2) is 0 Å². The van der Waals surface area contributed by atoms with E-state index in [2.05, 4.69) is 5.32 Å². The molecule has 0 spiro atoms. The number of amides is 1. The van der Waals surface area contributed by atoms with Crippen molar-refractivity contribution in [2.75, 3.05) is 11.5 Å². The summed E-state index contributed by atoms with van der Waals surface area (Å²) in [5.74, 6) is -0.209. The number of aliphatic hydroxyl groups is 1. The number of hydrogen-bond acceptors (Lipinski definition) is 4. The van der Waals surface area contributed by atoms with E-state index >= 15 is 0 Å². The van der Waals surface area contributed by atoms with E-state index in [4.69, 9.17) is 0 Å². The third-order valence-electron chi connectivity index (χ3n) is 3.73. The van der Waals surface area contributed by atoms with Crippen LogP contribution in [-0.2, 0) is 9.59 Å². The van der Waals surface area contributed by atoms with E-state index in [-0.39, 0.29) is 12.3 Å². The Kier molecular flexibility index (Phi) is 6.33. The van der Waals surface area contributed by atoms with Crippen LogP contribution < -0.4 is 5.32 Å². The summed E-state index contributed by atoms with van der Waals surface area (Å²) < 4.78 is 0. The number of aliphatic carboxylic acids is 1. The lowest BCUT2D eigenvalue weighted by atomic mass is 9.88. The van der Waals surface area contributed by atoms with E-state index in [0.29, 0.717) is 25.0 Å². The van der Waals surface area contributed by atoms with Gasteiger partial charge in [-0.3, -0.25) is 4.79 Å². The van der Waals surface area contributed by atoms with Gasteiger partial charge in [-0.25, -0.2) is 4.79 Å². The summed E-state index contributed by atoms with van der Waals surface area (Å²) in [6, 6.07) is 0. The molecule has 116 valence electrons. The molecule has 1 heterocycles. The highest BCUT2D eigenvalue weighted by atomic mass is 32.2. The van der Waals surface area contributed by atoms with E-state index in [1.165, 1.54) is 11.8 Å². The largest absolute Gasteiger partial charge is 0.479 e. The van der Waals surface area contributed by atoms with Gasteiger partial charge in [0, 0.05) is 5.75 Å². The molecular formula is C14H25NO4S. The Hall–Kier alpha value is -0.750. The zero-order valence-corrected chi connectivity index (χ0v) is 13.1. The molecule has 1 atom stereocenters. The van der Waals surface area contributed by atoms with E-state index in [1.807, 2.05) is 13.8 Å². The molecule has 0 bridgehead atoms. The van der Waals surface area contributed by atoms with E-state index in [1.54, 1.807) is 0 Å². The smallest absolute Gasteiger partial charge is 0.330 e. The lowest BCUT2D eigenvalue weighted by molar-refractivity contribution is -0.147. The molecule has 0 aromatic rings. The molecule has 3 N–H and O–H groups in total. The van der Waals surface area contributed by atoms with Gasteiger partial charge in [0.25, 0.3) is 0 Å². The third-order valence-corrected chi connectivity index (χ3v) is 4.92. The van der Waals surface area contributed by atoms with Gasteiger partial charge in [0.15, 0.2) is 0 Å². The number of nitrogens with one attached hydrogen (secondary N) is 1. The SMILES string of the molecule is CCCC(O)(CCC)CC(=O)NC1(C(=O)O)CCSC1. The minimum atomic E-state index is -1.15. The van der Waals surface area contributed by atoms with Crippen LogP contribution in [0.1, 0.15) is 52.4 Å². The first-order chi connectivity index (χ1) is 9.37. The van der Waals surface area contributed by atoms with Gasteiger partial charge in [0.05, 0.1) is 12.0 Å². The van der Waals surface area contributed by atoms with Gasteiger partial charge in [-0.2, -0.15) is 11.8 Å². The molecule has 5 nitrogen and oxygen atoms in total. The number of carboxylic acids is 1. The number of thioether (sulfide) groups is 1. The molecule has 6 heteroatoms. The highest BCUT2D eigenvalue weighted by molar-refractivity contribution is 7.99. The monoisotopic (exact) mass is 303 g/mol. The quantitative estimate of drug-likeness (QED) is 0.636. The van der Waals surface area contributed by atoms with Crippen LogP contribution in [0.5, 0.6) is 0 Å². The number of carbonyl (C=O) groups excluding carboxylic acids is 1.